The Hall–Kier alpha value is -0.610. The van der Waals surface area contributed by atoms with Gasteiger partial charge in [-0.1, -0.05) is 0 Å². The van der Waals surface area contributed by atoms with Crippen LogP contribution in [0.2, 0.25) is 0 Å². The molecule has 0 saturated carbocycles. The van der Waals surface area contributed by atoms with E-state index in [1.54, 1.807) is 0 Å². The average Bonchev–Trinajstić information content (AvgIpc) is 2.93. The molecule has 0 aromatic heterocycles. The quantitative estimate of drug-likeness (QED) is 0.810. The molecule has 4 nitrogen and oxygen atoms in total. The topological polar surface area (TPSA) is 50.4 Å². The fourth-order valence-corrected chi connectivity index (χ4v) is 3.97. The van der Waals surface area contributed by atoms with Crippen molar-refractivity contribution in [1.82, 2.24) is 10.6 Å². The molecule has 0 spiro atoms. The highest BCUT2D eigenvalue weighted by Crippen LogP contribution is 2.32. The third-order valence-corrected chi connectivity index (χ3v) is 5.14. The van der Waals surface area contributed by atoms with E-state index in [-0.39, 0.29) is 5.91 Å². The molecule has 2 bridgehead atoms. The highest BCUT2D eigenvalue weighted by Gasteiger charge is 2.34. The molecule has 0 aromatic rings. The fourth-order valence-electron chi connectivity index (χ4n) is 3.97. The zero-order valence-corrected chi connectivity index (χ0v) is 11.9. The van der Waals surface area contributed by atoms with Gasteiger partial charge < -0.3 is 15.4 Å². The molecule has 3 saturated heterocycles. The van der Waals surface area contributed by atoms with E-state index in [1.807, 2.05) is 0 Å². The van der Waals surface area contributed by atoms with Crippen LogP contribution in [0, 0.1) is 11.8 Å². The number of ether oxygens (including phenoxy) is 1. The minimum absolute atomic E-state index is 0.241. The van der Waals surface area contributed by atoms with Gasteiger partial charge in [0.1, 0.15) is 0 Å². The Labute approximate surface area is 115 Å². The Bertz CT molecular complexity index is 322. The van der Waals surface area contributed by atoms with Crippen molar-refractivity contribution in [3.63, 3.8) is 0 Å². The molecular formula is C15H26N2O2. The van der Waals surface area contributed by atoms with E-state index in [0.717, 1.165) is 26.0 Å². The van der Waals surface area contributed by atoms with Crippen LogP contribution in [0.25, 0.3) is 0 Å². The molecule has 4 heteroatoms. The number of carbonyl (C=O) groups is 1. The lowest BCUT2D eigenvalue weighted by molar-refractivity contribution is -0.122. The van der Waals surface area contributed by atoms with Crippen LogP contribution in [0.4, 0.5) is 0 Å². The van der Waals surface area contributed by atoms with E-state index in [2.05, 4.69) is 17.6 Å². The van der Waals surface area contributed by atoms with Gasteiger partial charge in [0.25, 0.3) is 0 Å². The average molecular weight is 266 g/mol. The zero-order valence-electron chi connectivity index (χ0n) is 11.9. The molecule has 3 fully saturated rings. The normalized spacial score (nSPS) is 41.4. The second kappa shape index (κ2) is 5.80. The Morgan fingerprint density at radius 1 is 1.26 bits per heavy atom. The standard InChI is InChI=1S/C15H26N2O2/c1-10-12(4-5-19-10)9-16-15(18)8-11-6-13-2-3-14(7-11)17-13/h10-14,17H,2-9H2,1H3,(H,16,18). The van der Waals surface area contributed by atoms with Crippen LogP contribution in [0.1, 0.15) is 45.4 Å². The molecule has 0 aliphatic carbocycles. The summed E-state index contributed by atoms with van der Waals surface area (Å²) in [6.07, 6.45) is 7.09. The molecule has 108 valence electrons. The predicted molar refractivity (Wildman–Crippen MR) is 73.8 cm³/mol. The van der Waals surface area contributed by atoms with Gasteiger partial charge in [-0.05, 0) is 44.9 Å². The smallest absolute Gasteiger partial charge is 0.220 e. The van der Waals surface area contributed by atoms with Crippen molar-refractivity contribution >= 4 is 5.91 Å². The second-order valence-electron chi connectivity index (χ2n) is 6.61. The first-order valence-corrected chi connectivity index (χ1v) is 7.85. The number of rotatable bonds is 4. The lowest BCUT2D eigenvalue weighted by Crippen LogP contribution is -2.40. The van der Waals surface area contributed by atoms with Gasteiger partial charge in [0.15, 0.2) is 0 Å². The van der Waals surface area contributed by atoms with Crippen molar-refractivity contribution in [2.75, 3.05) is 13.2 Å². The maximum Gasteiger partial charge on any atom is 0.220 e. The number of amides is 1. The minimum atomic E-state index is 0.241. The van der Waals surface area contributed by atoms with Gasteiger partial charge >= 0.3 is 0 Å². The Morgan fingerprint density at radius 2 is 2.00 bits per heavy atom. The van der Waals surface area contributed by atoms with Gasteiger partial charge in [0, 0.05) is 37.6 Å². The SMILES string of the molecule is CC1OCCC1CNC(=O)CC1CC2CCC(C1)N2. The van der Waals surface area contributed by atoms with Crippen LogP contribution < -0.4 is 10.6 Å². The highest BCUT2D eigenvalue weighted by molar-refractivity contribution is 5.76. The van der Waals surface area contributed by atoms with Crippen LogP contribution in [0.15, 0.2) is 0 Å². The summed E-state index contributed by atoms with van der Waals surface area (Å²) in [4.78, 5) is 12.0. The Kier molecular flexibility index (Phi) is 4.08. The molecule has 0 aromatic carbocycles. The van der Waals surface area contributed by atoms with Crippen LogP contribution in [0.3, 0.4) is 0 Å². The van der Waals surface area contributed by atoms with Crippen molar-refractivity contribution in [3.8, 4) is 0 Å². The summed E-state index contributed by atoms with van der Waals surface area (Å²) in [7, 11) is 0. The number of fused-ring (bicyclic) bond motifs is 2. The van der Waals surface area contributed by atoms with Gasteiger partial charge in [-0.2, -0.15) is 0 Å². The van der Waals surface area contributed by atoms with Crippen LogP contribution >= 0.6 is 0 Å². The number of piperidine rings is 1. The molecular weight excluding hydrogens is 240 g/mol. The van der Waals surface area contributed by atoms with Crippen molar-refractivity contribution in [1.29, 1.82) is 0 Å². The van der Waals surface area contributed by atoms with E-state index in [4.69, 9.17) is 4.74 Å². The van der Waals surface area contributed by atoms with E-state index in [1.165, 1.54) is 25.7 Å². The van der Waals surface area contributed by atoms with Crippen molar-refractivity contribution in [3.05, 3.63) is 0 Å². The third-order valence-electron chi connectivity index (χ3n) is 5.14. The molecule has 3 aliphatic rings. The Morgan fingerprint density at radius 3 is 2.63 bits per heavy atom. The summed E-state index contributed by atoms with van der Waals surface area (Å²) >= 11 is 0. The van der Waals surface area contributed by atoms with E-state index in [9.17, 15) is 4.79 Å². The van der Waals surface area contributed by atoms with Crippen molar-refractivity contribution in [2.24, 2.45) is 11.8 Å². The summed E-state index contributed by atoms with van der Waals surface area (Å²) in [6, 6.07) is 1.36. The van der Waals surface area contributed by atoms with E-state index >= 15 is 0 Å². The van der Waals surface area contributed by atoms with E-state index in [0.29, 0.717) is 30.0 Å². The number of carbonyl (C=O) groups excluding carboxylic acids is 1. The monoisotopic (exact) mass is 266 g/mol. The van der Waals surface area contributed by atoms with Crippen LogP contribution in [-0.4, -0.2) is 37.2 Å². The zero-order chi connectivity index (χ0) is 13.2. The van der Waals surface area contributed by atoms with Gasteiger partial charge in [-0.25, -0.2) is 0 Å². The maximum atomic E-state index is 12.0. The molecule has 1 amide bonds. The second-order valence-corrected chi connectivity index (χ2v) is 6.61. The number of nitrogens with one attached hydrogen (secondary N) is 2. The summed E-state index contributed by atoms with van der Waals surface area (Å²) < 4.78 is 5.52. The van der Waals surface area contributed by atoms with Gasteiger partial charge in [0.2, 0.25) is 5.91 Å². The molecule has 3 aliphatic heterocycles. The molecule has 3 heterocycles. The molecule has 0 radical (unpaired) electrons. The lowest BCUT2D eigenvalue weighted by atomic mass is 9.89. The van der Waals surface area contributed by atoms with Crippen LogP contribution in [-0.2, 0) is 9.53 Å². The Balaban J connectivity index is 1.39. The van der Waals surface area contributed by atoms with Gasteiger partial charge in [-0.3, -0.25) is 4.79 Å². The number of hydrogen-bond donors (Lipinski definition) is 2. The first-order valence-electron chi connectivity index (χ1n) is 7.85. The molecule has 3 rings (SSSR count). The molecule has 2 N–H and O–H groups in total. The van der Waals surface area contributed by atoms with Gasteiger partial charge in [0.05, 0.1) is 6.10 Å². The van der Waals surface area contributed by atoms with Crippen LogP contribution in [0.5, 0.6) is 0 Å². The molecule has 4 atom stereocenters. The highest BCUT2D eigenvalue weighted by atomic mass is 16.5. The van der Waals surface area contributed by atoms with Crippen molar-refractivity contribution in [2.45, 2.75) is 63.6 Å². The lowest BCUT2D eigenvalue weighted by Gasteiger charge is -2.28. The fraction of sp³-hybridized carbons (Fsp3) is 0.933. The predicted octanol–water partition coefficient (Wildman–Crippen LogP) is 1.45. The molecule has 4 unspecified atom stereocenters. The maximum absolute atomic E-state index is 12.0. The van der Waals surface area contributed by atoms with E-state index < -0.39 is 0 Å². The largest absolute Gasteiger partial charge is 0.378 e. The summed E-state index contributed by atoms with van der Waals surface area (Å²) in [5, 5.41) is 6.74. The summed E-state index contributed by atoms with van der Waals surface area (Å²) in [6.45, 7) is 3.74. The first kappa shape index (κ1) is 13.4. The number of hydrogen-bond acceptors (Lipinski definition) is 3. The minimum Gasteiger partial charge on any atom is -0.378 e. The molecule has 19 heavy (non-hydrogen) atoms. The van der Waals surface area contributed by atoms with Crippen molar-refractivity contribution < 1.29 is 9.53 Å². The first-order chi connectivity index (χ1) is 9.20. The van der Waals surface area contributed by atoms with Gasteiger partial charge in [-0.15, -0.1) is 0 Å². The third kappa shape index (κ3) is 3.29. The summed E-state index contributed by atoms with van der Waals surface area (Å²) in [5.41, 5.74) is 0. The summed E-state index contributed by atoms with van der Waals surface area (Å²) in [5.74, 6) is 1.34.